The second-order valence-electron chi connectivity index (χ2n) is 5.17. The Balaban J connectivity index is 2.27. The van der Waals surface area contributed by atoms with E-state index in [1.165, 1.54) is 18.4 Å². The van der Waals surface area contributed by atoms with E-state index >= 15 is 0 Å². The topological polar surface area (TPSA) is 33.1 Å². The molecule has 0 spiro atoms. The van der Waals surface area contributed by atoms with Crippen molar-refractivity contribution in [1.82, 2.24) is 4.98 Å². The highest BCUT2D eigenvalue weighted by Crippen LogP contribution is 2.28. The van der Waals surface area contributed by atoms with Gasteiger partial charge < -0.3 is 5.11 Å². The summed E-state index contributed by atoms with van der Waals surface area (Å²) in [5.74, 6) is 0. The molecule has 1 heterocycles. The van der Waals surface area contributed by atoms with Crippen molar-refractivity contribution in [3.63, 3.8) is 0 Å². The average molecular weight is 269 g/mol. The maximum Gasteiger partial charge on any atom is 0.0794 e. The lowest BCUT2D eigenvalue weighted by Crippen LogP contribution is -1.99. The SMILES string of the molecule is CCCCc1ccc(-c2ccccc2C(O)CC)nc1. The van der Waals surface area contributed by atoms with Crippen molar-refractivity contribution >= 4 is 0 Å². The van der Waals surface area contributed by atoms with Gasteiger partial charge in [0.2, 0.25) is 0 Å². The van der Waals surface area contributed by atoms with E-state index in [4.69, 9.17) is 0 Å². The molecular weight excluding hydrogens is 246 g/mol. The molecule has 106 valence electrons. The third kappa shape index (κ3) is 3.45. The van der Waals surface area contributed by atoms with E-state index < -0.39 is 6.10 Å². The lowest BCUT2D eigenvalue weighted by atomic mass is 9.97. The summed E-state index contributed by atoms with van der Waals surface area (Å²) in [6.07, 6.45) is 5.74. The fourth-order valence-electron chi connectivity index (χ4n) is 2.35. The normalized spacial score (nSPS) is 12.3. The number of hydrogen-bond donors (Lipinski definition) is 1. The smallest absolute Gasteiger partial charge is 0.0794 e. The predicted octanol–water partition coefficient (Wildman–Crippen LogP) is 4.53. The summed E-state index contributed by atoms with van der Waals surface area (Å²) in [7, 11) is 0. The maximum absolute atomic E-state index is 10.1. The Morgan fingerprint density at radius 2 is 1.90 bits per heavy atom. The van der Waals surface area contributed by atoms with Crippen LogP contribution in [0.3, 0.4) is 0 Å². The first-order valence-corrected chi connectivity index (χ1v) is 7.48. The molecule has 1 atom stereocenters. The standard InChI is InChI=1S/C18H23NO/c1-3-5-8-14-11-12-17(19-13-14)15-9-6-7-10-16(15)18(20)4-2/h6-7,9-13,18,20H,3-5,8H2,1-2H3. The number of benzene rings is 1. The Hall–Kier alpha value is -1.67. The van der Waals surface area contributed by atoms with Crippen LogP contribution in [0.2, 0.25) is 0 Å². The minimum absolute atomic E-state index is 0.423. The molecule has 1 N–H and O–H groups in total. The number of unbranched alkanes of at least 4 members (excludes halogenated alkanes) is 1. The summed E-state index contributed by atoms with van der Waals surface area (Å²) in [4.78, 5) is 4.57. The Morgan fingerprint density at radius 1 is 1.10 bits per heavy atom. The van der Waals surface area contributed by atoms with Crippen molar-refractivity contribution in [2.24, 2.45) is 0 Å². The number of pyridine rings is 1. The van der Waals surface area contributed by atoms with E-state index in [2.05, 4.69) is 24.0 Å². The predicted molar refractivity (Wildman–Crippen MR) is 83.5 cm³/mol. The summed E-state index contributed by atoms with van der Waals surface area (Å²) in [6, 6.07) is 12.2. The molecule has 0 aliphatic carbocycles. The Morgan fingerprint density at radius 3 is 2.55 bits per heavy atom. The lowest BCUT2D eigenvalue weighted by Gasteiger charge is -2.13. The van der Waals surface area contributed by atoms with Gasteiger partial charge in [-0.15, -0.1) is 0 Å². The zero-order valence-electron chi connectivity index (χ0n) is 12.3. The van der Waals surface area contributed by atoms with Gasteiger partial charge in [-0.25, -0.2) is 0 Å². The quantitative estimate of drug-likeness (QED) is 0.835. The monoisotopic (exact) mass is 269 g/mol. The summed E-state index contributed by atoms with van der Waals surface area (Å²) in [6.45, 7) is 4.19. The number of aliphatic hydroxyl groups excluding tert-OH is 1. The third-order valence-corrected chi connectivity index (χ3v) is 3.63. The molecule has 2 rings (SSSR count). The molecule has 2 heteroatoms. The van der Waals surface area contributed by atoms with Gasteiger partial charge in [-0.1, -0.05) is 50.6 Å². The summed E-state index contributed by atoms with van der Waals surface area (Å²) < 4.78 is 0. The fraction of sp³-hybridized carbons (Fsp3) is 0.389. The number of rotatable bonds is 6. The molecule has 0 fully saturated rings. The zero-order chi connectivity index (χ0) is 14.4. The molecule has 0 saturated carbocycles. The molecule has 20 heavy (non-hydrogen) atoms. The first-order valence-electron chi connectivity index (χ1n) is 7.48. The van der Waals surface area contributed by atoms with E-state index in [1.54, 1.807) is 0 Å². The van der Waals surface area contributed by atoms with Gasteiger partial charge in [-0.05, 0) is 36.5 Å². The van der Waals surface area contributed by atoms with Gasteiger partial charge in [-0.3, -0.25) is 4.98 Å². The van der Waals surface area contributed by atoms with Crippen LogP contribution >= 0.6 is 0 Å². The molecular formula is C18H23NO. The van der Waals surface area contributed by atoms with Gasteiger partial charge in [-0.2, -0.15) is 0 Å². The van der Waals surface area contributed by atoms with E-state index in [0.29, 0.717) is 6.42 Å². The van der Waals surface area contributed by atoms with E-state index in [-0.39, 0.29) is 0 Å². The molecule has 0 amide bonds. The van der Waals surface area contributed by atoms with Gasteiger partial charge in [0.1, 0.15) is 0 Å². The molecule has 0 aliphatic rings. The van der Waals surface area contributed by atoms with Crippen LogP contribution in [-0.4, -0.2) is 10.1 Å². The van der Waals surface area contributed by atoms with Crippen LogP contribution in [0.25, 0.3) is 11.3 Å². The Kier molecular flexibility index (Phi) is 5.31. The molecule has 2 aromatic rings. The average Bonchev–Trinajstić information content (AvgIpc) is 2.52. The summed E-state index contributed by atoms with van der Waals surface area (Å²) >= 11 is 0. The summed E-state index contributed by atoms with van der Waals surface area (Å²) in [5.41, 5.74) is 4.21. The van der Waals surface area contributed by atoms with Gasteiger partial charge in [0, 0.05) is 11.8 Å². The number of aromatic nitrogens is 1. The fourth-order valence-corrected chi connectivity index (χ4v) is 2.35. The van der Waals surface area contributed by atoms with Crippen molar-refractivity contribution < 1.29 is 5.11 Å². The van der Waals surface area contributed by atoms with Crippen molar-refractivity contribution in [3.05, 3.63) is 53.7 Å². The van der Waals surface area contributed by atoms with Crippen LogP contribution in [-0.2, 0) is 6.42 Å². The Bertz CT molecular complexity index is 533. The van der Waals surface area contributed by atoms with Crippen LogP contribution in [0, 0.1) is 0 Å². The van der Waals surface area contributed by atoms with Crippen LogP contribution in [0.5, 0.6) is 0 Å². The highest BCUT2D eigenvalue weighted by Gasteiger charge is 2.12. The number of aryl methyl sites for hydroxylation is 1. The van der Waals surface area contributed by atoms with Crippen molar-refractivity contribution in [2.75, 3.05) is 0 Å². The van der Waals surface area contributed by atoms with Crippen molar-refractivity contribution in [1.29, 1.82) is 0 Å². The van der Waals surface area contributed by atoms with E-state index in [0.717, 1.165) is 23.2 Å². The van der Waals surface area contributed by atoms with Gasteiger partial charge >= 0.3 is 0 Å². The number of hydrogen-bond acceptors (Lipinski definition) is 2. The lowest BCUT2D eigenvalue weighted by molar-refractivity contribution is 0.174. The minimum Gasteiger partial charge on any atom is -0.388 e. The largest absolute Gasteiger partial charge is 0.388 e. The zero-order valence-corrected chi connectivity index (χ0v) is 12.3. The number of nitrogens with zero attached hydrogens (tertiary/aromatic N) is 1. The second-order valence-corrected chi connectivity index (χ2v) is 5.17. The first-order chi connectivity index (χ1) is 9.76. The molecule has 1 aromatic heterocycles. The highest BCUT2D eigenvalue weighted by atomic mass is 16.3. The second kappa shape index (κ2) is 7.20. The van der Waals surface area contributed by atoms with Gasteiger partial charge in [0.25, 0.3) is 0 Å². The van der Waals surface area contributed by atoms with E-state index in [1.807, 2.05) is 37.4 Å². The van der Waals surface area contributed by atoms with Gasteiger partial charge in [0.15, 0.2) is 0 Å². The van der Waals surface area contributed by atoms with Crippen molar-refractivity contribution in [3.8, 4) is 11.3 Å². The molecule has 0 saturated heterocycles. The van der Waals surface area contributed by atoms with Crippen LogP contribution in [0.1, 0.15) is 50.3 Å². The molecule has 0 radical (unpaired) electrons. The Labute approximate surface area is 121 Å². The van der Waals surface area contributed by atoms with Gasteiger partial charge in [0.05, 0.1) is 11.8 Å². The number of aliphatic hydroxyl groups is 1. The van der Waals surface area contributed by atoms with Crippen LogP contribution in [0.15, 0.2) is 42.6 Å². The third-order valence-electron chi connectivity index (χ3n) is 3.63. The maximum atomic E-state index is 10.1. The summed E-state index contributed by atoms with van der Waals surface area (Å²) in [5, 5.41) is 10.1. The molecule has 2 nitrogen and oxygen atoms in total. The van der Waals surface area contributed by atoms with Crippen LogP contribution in [0.4, 0.5) is 0 Å². The molecule has 1 aromatic carbocycles. The molecule has 0 aliphatic heterocycles. The van der Waals surface area contributed by atoms with E-state index in [9.17, 15) is 5.11 Å². The molecule has 1 unspecified atom stereocenters. The highest BCUT2D eigenvalue weighted by molar-refractivity contribution is 5.64. The van der Waals surface area contributed by atoms with Crippen LogP contribution < -0.4 is 0 Å². The minimum atomic E-state index is -0.423. The first kappa shape index (κ1) is 14.7. The van der Waals surface area contributed by atoms with Crippen molar-refractivity contribution in [2.45, 2.75) is 45.6 Å². The molecule has 0 bridgehead atoms.